The summed E-state index contributed by atoms with van der Waals surface area (Å²) in [5.41, 5.74) is 2.42. The highest BCUT2D eigenvalue weighted by atomic mass is 32.2. The van der Waals surface area contributed by atoms with Crippen molar-refractivity contribution in [2.45, 2.75) is 4.90 Å². The molecular formula is C19H23N3OS. The minimum atomic E-state index is 0.734. The van der Waals surface area contributed by atoms with E-state index >= 15 is 0 Å². The molecule has 0 atom stereocenters. The van der Waals surface area contributed by atoms with Crippen molar-refractivity contribution in [2.75, 3.05) is 55.6 Å². The lowest BCUT2D eigenvalue weighted by molar-refractivity contribution is 0.302. The average molecular weight is 341 g/mol. The number of hydrogen-bond acceptors (Lipinski definition) is 5. The van der Waals surface area contributed by atoms with Gasteiger partial charge in [-0.05, 0) is 43.3 Å². The summed E-state index contributed by atoms with van der Waals surface area (Å²) in [4.78, 5) is 6.09. The highest BCUT2D eigenvalue weighted by molar-refractivity contribution is 8.00. The molecule has 2 aliphatic rings. The summed E-state index contributed by atoms with van der Waals surface area (Å²) < 4.78 is 8.45. The van der Waals surface area contributed by atoms with Gasteiger partial charge in [0.25, 0.3) is 0 Å². The summed E-state index contributed by atoms with van der Waals surface area (Å²) in [6, 6.07) is 17.1. The zero-order valence-electron chi connectivity index (χ0n) is 14.0. The fourth-order valence-electron chi connectivity index (χ4n) is 3.21. The summed E-state index contributed by atoms with van der Waals surface area (Å²) in [5, 5.41) is 0. The minimum Gasteiger partial charge on any atom is -0.487 e. The van der Waals surface area contributed by atoms with Gasteiger partial charge < -0.3 is 18.8 Å². The first-order valence-electron chi connectivity index (χ1n) is 8.51. The summed E-state index contributed by atoms with van der Waals surface area (Å²) in [7, 11) is 2.19. The second kappa shape index (κ2) is 6.95. The van der Waals surface area contributed by atoms with E-state index in [2.05, 4.69) is 69.7 Å². The third-order valence-electron chi connectivity index (χ3n) is 4.59. The lowest BCUT2D eigenvalue weighted by Crippen LogP contribution is -2.44. The van der Waals surface area contributed by atoms with Crippen LogP contribution in [0.3, 0.4) is 0 Å². The molecule has 0 amide bonds. The number of fused-ring (bicyclic) bond motifs is 1. The maximum atomic E-state index is 6.09. The molecule has 2 aliphatic heterocycles. The summed E-state index contributed by atoms with van der Waals surface area (Å²) in [6.45, 7) is 5.96. The predicted molar refractivity (Wildman–Crippen MR) is 101 cm³/mol. The first kappa shape index (κ1) is 15.7. The fourth-order valence-corrected chi connectivity index (χ4v) is 4.15. The second-order valence-corrected chi connectivity index (χ2v) is 7.37. The van der Waals surface area contributed by atoms with Crippen LogP contribution in [0.1, 0.15) is 0 Å². The standard InChI is InChI=1S/C19H23N3OS/c1-20-10-12-21(13-11-20)17-8-5-9-18-19(17)23-15-14-22(18)24-16-6-3-2-4-7-16/h2-9H,10-15H2,1H3. The van der Waals surface area contributed by atoms with Crippen molar-refractivity contribution in [1.82, 2.24) is 4.90 Å². The van der Waals surface area contributed by atoms with Gasteiger partial charge in [0.15, 0.2) is 5.75 Å². The first-order chi connectivity index (χ1) is 11.8. The van der Waals surface area contributed by atoms with E-state index in [0.29, 0.717) is 0 Å². The Labute approximate surface area is 148 Å². The number of ether oxygens (including phenoxy) is 1. The van der Waals surface area contributed by atoms with Crippen molar-refractivity contribution >= 4 is 23.3 Å². The Morgan fingerprint density at radius 1 is 0.833 bits per heavy atom. The topological polar surface area (TPSA) is 19.0 Å². The van der Waals surface area contributed by atoms with E-state index in [-0.39, 0.29) is 0 Å². The summed E-state index contributed by atoms with van der Waals surface area (Å²) in [5.74, 6) is 1.04. The number of hydrogen-bond donors (Lipinski definition) is 0. The molecule has 4 rings (SSSR count). The van der Waals surface area contributed by atoms with Crippen molar-refractivity contribution in [3.05, 3.63) is 48.5 Å². The van der Waals surface area contributed by atoms with E-state index in [9.17, 15) is 0 Å². The van der Waals surface area contributed by atoms with Gasteiger partial charge in [-0.25, -0.2) is 0 Å². The van der Waals surface area contributed by atoms with E-state index < -0.39 is 0 Å². The van der Waals surface area contributed by atoms with Crippen molar-refractivity contribution in [1.29, 1.82) is 0 Å². The number of benzene rings is 2. The SMILES string of the molecule is CN1CCN(c2cccc3c2OCCN3Sc2ccccc2)CC1. The molecule has 1 fully saturated rings. The Morgan fingerprint density at radius 2 is 1.58 bits per heavy atom. The quantitative estimate of drug-likeness (QED) is 0.795. The van der Waals surface area contributed by atoms with Crippen LogP contribution in [0, 0.1) is 0 Å². The van der Waals surface area contributed by atoms with Gasteiger partial charge in [-0.2, -0.15) is 0 Å². The summed E-state index contributed by atoms with van der Waals surface area (Å²) >= 11 is 1.79. The zero-order chi connectivity index (χ0) is 16.4. The third-order valence-corrected chi connectivity index (χ3v) is 5.67. The largest absolute Gasteiger partial charge is 0.487 e. The van der Waals surface area contributed by atoms with Crippen LogP contribution in [0.25, 0.3) is 0 Å². The molecule has 2 aromatic carbocycles. The minimum absolute atomic E-state index is 0.734. The molecule has 1 saturated heterocycles. The van der Waals surface area contributed by atoms with Crippen LogP contribution in [-0.2, 0) is 0 Å². The van der Waals surface area contributed by atoms with Gasteiger partial charge >= 0.3 is 0 Å². The molecule has 0 spiro atoms. The van der Waals surface area contributed by atoms with Gasteiger partial charge in [0, 0.05) is 31.1 Å². The Balaban J connectivity index is 1.60. The monoisotopic (exact) mass is 341 g/mol. The smallest absolute Gasteiger partial charge is 0.166 e. The molecule has 4 nitrogen and oxygen atoms in total. The van der Waals surface area contributed by atoms with Gasteiger partial charge in [-0.3, -0.25) is 0 Å². The molecule has 0 bridgehead atoms. The summed E-state index contributed by atoms with van der Waals surface area (Å²) in [6.07, 6.45) is 0. The van der Waals surface area contributed by atoms with E-state index in [1.807, 2.05) is 0 Å². The lowest BCUT2D eigenvalue weighted by atomic mass is 10.2. The third kappa shape index (κ3) is 3.19. The number of likely N-dealkylation sites (N-methyl/N-ethyl adjacent to an activating group) is 1. The van der Waals surface area contributed by atoms with Crippen LogP contribution < -0.4 is 13.9 Å². The van der Waals surface area contributed by atoms with Crippen LogP contribution >= 0.6 is 11.9 Å². The van der Waals surface area contributed by atoms with E-state index in [0.717, 1.165) is 45.1 Å². The highest BCUT2D eigenvalue weighted by Crippen LogP contribution is 2.44. The molecule has 0 aromatic heterocycles. The average Bonchev–Trinajstić information content (AvgIpc) is 2.63. The zero-order valence-corrected chi connectivity index (χ0v) is 14.8. The molecule has 0 N–H and O–H groups in total. The maximum absolute atomic E-state index is 6.09. The van der Waals surface area contributed by atoms with Gasteiger partial charge in [0.2, 0.25) is 0 Å². The normalized spacial score (nSPS) is 18.2. The van der Waals surface area contributed by atoms with Gasteiger partial charge in [0.05, 0.1) is 17.9 Å². The van der Waals surface area contributed by atoms with Gasteiger partial charge in [-0.1, -0.05) is 24.3 Å². The van der Waals surface area contributed by atoms with E-state index in [4.69, 9.17) is 4.74 Å². The van der Waals surface area contributed by atoms with Crippen molar-refractivity contribution < 1.29 is 4.74 Å². The molecule has 0 radical (unpaired) electrons. The van der Waals surface area contributed by atoms with Crippen LogP contribution in [0.5, 0.6) is 5.75 Å². The Kier molecular flexibility index (Phi) is 4.54. The molecule has 0 aliphatic carbocycles. The Hall–Kier alpha value is -1.85. The van der Waals surface area contributed by atoms with E-state index in [1.54, 1.807) is 11.9 Å². The number of piperazine rings is 1. The van der Waals surface area contributed by atoms with Crippen molar-refractivity contribution in [3.63, 3.8) is 0 Å². The number of anilines is 2. The predicted octanol–water partition coefficient (Wildman–Crippen LogP) is 3.34. The second-order valence-electron chi connectivity index (χ2n) is 6.27. The molecule has 5 heteroatoms. The van der Waals surface area contributed by atoms with Gasteiger partial charge in [0.1, 0.15) is 6.61 Å². The maximum Gasteiger partial charge on any atom is 0.166 e. The van der Waals surface area contributed by atoms with Gasteiger partial charge in [-0.15, -0.1) is 0 Å². The number of rotatable bonds is 3. The van der Waals surface area contributed by atoms with Crippen LogP contribution in [0.4, 0.5) is 11.4 Å². The fraction of sp³-hybridized carbons (Fsp3) is 0.368. The molecule has 0 unspecified atom stereocenters. The van der Waals surface area contributed by atoms with Crippen LogP contribution in [0.2, 0.25) is 0 Å². The Bertz CT molecular complexity index is 686. The molecule has 2 aromatic rings. The first-order valence-corrected chi connectivity index (χ1v) is 9.28. The van der Waals surface area contributed by atoms with E-state index in [1.165, 1.54) is 16.3 Å². The molecule has 2 heterocycles. The van der Waals surface area contributed by atoms with Crippen molar-refractivity contribution in [3.8, 4) is 5.75 Å². The number of nitrogens with zero attached hydrogens (tertiary/aromatic N) is 3. The van der Waals surface area contributed by atoms with Crippen LogP contribution in [0.15, 0.2) is 53.4 Å². The number of para-hydroxylation sites is 1. The molecule has 0 saturated carbocycles. The highest BCUT2D eigenvalue weighted by Gasteiger charge is 2.25. The Morgan fingerprint density at radius 3 is 2.38 bits per heavy atom. The van der Waals surface area contributed by atoms with Crippen LogP contribution in [-0.4, -0.2) is 51.3 Å². The molecular weight excluding hydrogens is 318 g/mol. The molecule has 24 heavy (non-hydrogen) atoms. The lowest BCUT2D eigenvalue weighted by Gasteiger charge is -2.37. The van der Waals surface area contributed by atoms with Crippen molar-refractivity contribution in [2.24, 2.45) is 0 Å². The molecule has 126 valence electrons.